The van der Waals surface area contributed by atoms with Crippen molar-refractivity contribution in [3.8, 4) is 5.75 Å². The molecule has 2 aromatic carbocycles. The molecule has 0 bridgehead atoms. The number of methoxy groups -OCH3 is 1. The lowest BCUT2D eigenvalue weighted by Gasteiger charge is -2.25. The molecule has 0 fully saturated rings. The van der Waals surface area contributed by atoms with Crippen LogP contribution in [0.3, 0.4) is 0 Å². The first-order valence-electron chi connectivity index (χ1n) is 11.7. The Morgan fingerprint density at radius 1 is 1.11 bits per heavy atom. The van der Waals surface area contributed by atoms with Crippen LogP contribution in [0.2, 0.25) is 0 Å². The van der Waals surface area contributed by atoms with Gasteiger partial charge in [-0.1, -0.05) is 55.5 Å². The Morgan fingerprint density at radius 3 is 2.47 bits per heavy atom. The van der Waals surface area contributed by atoms with Gasteiger partial charge in [0.1, 0.15) is 34.0 Å². The predicted octanol–water partition coefficient (Wildman–Crippen LogP) is 3.78. The minimum absolute atomic E-state index is 0.131. The van der Waals surface area contributed by atoms with Gasteiger partial charge in [-0.2, -0.15) is 0 Å². The number of hydrogen-bond donors (Lipinski definition) is 2. The van der Waals surface area contributed by atoms with Crippen molar-refractivity contribution < 1.29 is 19.4 Å². The molecule has 0 aliphatic heterocycles. The predicted molar refractivity (Wildman–Crippen MR) is 139 cm³/mol. The highest BCUT2D eigenvalue weighted by Crippen LogP contribution is 2.29. The first kappa shape index (κ1) is 25.6. The lowest BCUT2D eigenvalue weighted by Crippen LogP contribution is -2.35. The van der Waals surface area contributed by atoms with Crippen LogP contribution in [0.1, 0.15) is 33.5 Å². The molecular weight excluding hydrogens is 478 g/mol. The molecule has 1 unspecified atom stereocenters. The van der Waals surface area contributed by atoms with Gasteiger partial charge in [-0.05, 0) is 29.7 Å². The number of aromatic amines is 1. The number of aliphatic hydroxyl groups excluding tert-OH is 1. The summed E-state index contributed by atoms with van der Waals surface area (Å²) < 4.78 is 10.6. The largest absolute Gasteiger partial charge is 0.491 e. The van der Waals surface area contributed by atoms with Crippen LogP contribution in [-0.2, 0) is 24.2 Å². The molecule has 4 aromatic rings. The fourth-order valence-electron chi connectivity index (χ4n) is 4.08. The van der Waals surface area contributed by atoms with Gasteiger partial charge in [-0.15, -0.1) is 11.3 Å². The van der Waals surface area contributed by atoms with E-state index in [1.165, 1.54) is 18.4 Å². The number of thiophene rings is 1. The Balaban J connectivity index is 1.57. The molecule has 1 atom stereocenters. The van der Waals surface area contributed by atoms with E-state index in [-0.39, 0.29) is 12.2 Å². The number of carbonyl (C=O) groups excluding carboxylic acids is 1. The van der Waals surface area contributed by atoms with Crippen LogP contribution in [-0.4, -0.2) is 52.3 Å². The van der Waals surface area contributed by atoms with Crippen molar-refractivity contribution in [3.63, 3.8) is 0 Å². The van der Waals surface area contributed by atoms with E-state index in [2.05, 4.69) is 9.97 Å². The number of benzene rings is 2. The molecule has 0 radical (unpaired) electrons. The van der Waals surface area contributed by atoms with Crippen LogP contribution in [0, 0.1) is 0 Å². The molecule has 188 valence electrons. The summed E-state index contributed by atoms with van der Waals surface area (Å²) in [4.78, 5) is 35.7. The van der Waals surface area contributed by atoms with E-state index in [0.717, 1.165) is 5.56 Å². The fourth-order valence-corrected chi connectivity index (χ4v) is 5.28. The molecule has 0 amide bonds. The van der Waals surface area contributed by atoms with Crippen LogP contribution in [0.5, 0.6) is 5.75 Å². The van der Waals surface area contributed by atoms with Crippen molar-refractivity contribution in [2.45, 2.75) is 32.5 Å². The third-order valence-electron chi connectivity index (χ3n) is 5.71. The molecule has 4 rings (SSSR count). The maximum Gasteiger partial charge on any atom is 0.348 e. The maximum absolute atomic E-state index is 13.0. The van der Waals surface area contributed by atoms with Crippen LogP contribution in [0.15, 0.2) is 65.5 Å². The van der Waals surface area contributed by atoms with Crippen LogP contribution < -0.4 is 10.3 Å². The first-order valence-corrected chi connectivity index (χ1v) is 12.5. The molecule has 36 heavy (non-hydrogen) atoms. The number of carbonyl (C=O) groups is 1. The van der Waals surface area contributed by atoms with E-state index in [1.807, 2.05) is 72.5 Å². The number of esters is 1. The van der Waals surface area contributed by atoms with Crippen molar-refractivity contribution in [1.29, 1.82) is 0 Å². The number of nitrogens with one attached hydrogen (secondary N) is 1. The molecule has 2 heterocycles. The zero-order valence-electron chi connectivity index (χ0n) is 20.3. The summed E-state index contributed by atoms with van der Waals surface area (Å²) in [5, 5.41) is 11.1. The van der Waals surface area contributed by atoms with Gasteiger partial charge < -0.3 is 19.6 Å². The number of nitrogens with zero attached hydrogens (tertiary/aromatic N) is 2. The number of fused-ring (bicyclic) bond motifs is 1. The van der Waals surface area contributed by atoms with Crippen molar-refractivity contribution in [1.82, 2.24) is 14.9 Å². The molecule has 0 saturated carbocycles. The van der Waals surface area contributed by atoms with E-state index < -0.39 is 12.1 Å². The Kier molecular flexibility index (Phi) is 8.48. The van der Waals surface area contributed by atoms with Crippen LogP contribution in [0.25, 0.3) is 10.2 Å². The Bertz CT molecular complexity index is 1350. The van der Waals surface area contributed by atoms with E-state index >= 15 is 0 Å². The van der Waals surface area contributed by atoms with Crippen LogP contribution >= 0.6 is 11.3 Å². The van der Waals surface area contributed by atoms with E-state index in [9.17, 15) is 14.7 Å². The number of H-pyrrole nitrogens is 1. The monoisotopic (exact) mass is 507 g/mol. The second-order valence-corrected chi connectivity index (χ2v) is 9.38. The van der Waals surface area contributed by atoms with Gasteiger partial charge in [-0.25, -0.2) is 9.78 Å². The normalized spacial score (nSPS) is 12.1. The lowest BCUT2D eigenvalue weighted by molar-refractivity contribution is 0.0604. The molecule has 9 heteroatoms. The first-order chi connectivity index (χ1) is 17.5. The fraction of sp³-hybridized carbons (Fsp3) is 0.296. The number of para-hydroxylation sites is 1. The second kappa shape index (κ2) is 11.9. The maximum atomic E-state index is 13.0. The Hall–Kier alpha value is -3.53. The van der Waals surface area contributed by atoms with Crippen molar-refractivity contribution in [2.24, 2.45) is 0 Å². The Labute approximate surface area is 213 Å². The standard InChI is InChI=1S/C27H29N3O5S/c1-3-21-23-25(32)28-22(29-26(23)36-24(21)27(33)34-2)16-30(14-18-10-6-4-7-11-18)15-19(31)17-35-20-12-8-5-9-13-20/h4-13,19,31H,3,14-17H2,1-2H3,(H,28,29,32). The number of hydrogen-bond acceptors (Lipinski definition) is 8. The van der Waals surface area contributed by atoms with Crippen molar-refractivity contribution in [3.05, 3.63) is 92.8 Å². The molecular formula is C27H29N3O5S. The van der Waals surface area contributed by atoms with Gasteiger partial charge in [0.25, 0.3) is 5.56 Å². The van der Waals surface area contributed by atoms with Gasteiger partial charge in [0.05, 0.1) is 19.0 Å². The minimum atomic E-state index is -0.760. The number of aryl methyl sites for hydroxylation is 1. The highest BCUT2D eigenvalue weighted by molar-refractivity contribution is 7.20. The number of aromatic nitrogens is 2. The average molecular weight is 508 g/mol. The summed E-state index contributed by atoms with van der Waals surface area (Å²) in [5.41, 5.74) is 1.43. The van der Waals surface area contributed by atoms with E-state index in [1.54, 1.807) is 0 Å². The average Bonchev–Trinajstić information content (AvgIpc) is 3.27. The van der Waals surface area contributed by atoms with Gasteiger partial charge in [-0.3, -0.25) is 9.69 Å². The summed E-state index contributed by atoms with van der Waals surface area (Å²) in [6, 6.07) is 19.2. The number of aliphatic hydroxyl groups is 1. The topological polar surface area (TPSA) is 105 Å². The van der Waals surface area contributed by atoms with E-state index in [0.29, 0.717) is 58.3 Å². The molecule has 2 N–H and O–H groups in total. The Morgan fingerprint density at radius 2 is 1.81 bits per heavy atom. The van der Waals surface area contributed by atoms with E-state index in [4.69, 9.17) is 9.47 Å². The number of rotatable bonds is 11. The second-order valence-electron chi connectivity index (χ2n) is 8.38. The van der Waals surface area contributed by atoms with Gasteiger partial charge in [0.2, 0.25) is 0 Å². The highest BCUT2D eigenvalue weighted by atomic mass is 32.1. The molecule has 0 saturated heterocycles. The quantitative estimate of drug-likeness (QED) is 0.298. The molecule has 2 aromatic heterocycles. The summed E-state index contributed by atoms with van der Waals surface area (Å²) in [6.07, 6.45) is -0.244. The molecule has 0 aliphatic rings. The zero-order chi connectivity index (χ0) is 25.5. The van der Waals surface area contributed by atoms with Crippen molar-refractivity contribution in [2.75, 3.05) is 20.3 Å². The molecule has 0 spiro atoms. The summed E-state index contributed by atoms with van der Waals surface area (Å²) >= 11 is 1.17. The summed E-state index contributed by atoms with van der Waals surface area (Å²) in [5.74, 6) is 0.677. The molecule has 0 aliphatic carbocycles. The minimum Gasteiger partial charge on any atom is -0.491 e. The summed E-state index contributed by atoms with van der Waals surface area (Å²) in [6.45, 7) is 3.17. The van der Waals surface area contributed by atoms with Gasteiger partial charge >= 0.3 is 5.97 Å². The van der Waals surface area contributed by atoms with Gasteiger partial charge in [0, 0.05) is 13.1 Å². The zero-order valence-corrected chi connectivity index (χ0v) is 21.1. The van der Waals surface area contributed by atoms with Gasteiger partial charge in [0.15, 0.2) is 0 Å². The van der Waals surface area contributed by atoms with Crippen LogP contribution in [0.4, 0.5) is 0 Å². The van der Waals surface area contributed by atoms with Crippen molar-refractivity contribution >= 4 is 27.5 Å². The SMILES string of the molecule is CCc1c(C(=O)OC)sc2nc(CN(Cc3ccccc3)CC(O)COc3ccccc3)[nH]c(=O)c12. The third-order valence-corrected chi connectivity index (χ3v) is 6.82. The lowest BCUT2D eigenvalue weighted by atomic mass is 10.1. The smallest absolute Gasteiger partial charge is 0.348 e. The highest BCUT2D eigenvalue weighted by Gasteiger charge is 2.22. The number of ether oxygens (including phenoxy) is 2. The molecule has 8 nitrogen and oxygen atoms in total. The third kappa shape index (κ3) is 6.17. The summed E-state index contributed by atoms with van der Waals surface area (Å²) in [7, 11) is 1.32.